The van der Waals surface area contributed by atoms with Gasteiger partial charge in [-0.05, 0) is 29.5 Å². The number of benzene rings is 1. The number of nitrogens with zero attached hydrogens (tertiary/aromatic N) is 1. The van der Waals surface area contributed by atoms with E-state index in [1.807, 2.05) is 0 Å². The van der Waals surface area contributed by atoms with Gasteiger partial charge in [0.15, 0.2) is 0 Å². The molecule has 0 bridgehead atoms. The summed E-state index contributed by atoms with van der Waals surface area (Å²) in [6, 6.07) is 4.02. The van der Waals surface area contributed by atoms with Crippen LogP contribution in [0.15, 0.2) is 17.0 Å². The minimum atomic E-state index is -4.58. The third-order valence-electron chi connectivity index (χ3n) is 2.21. The molecular formula is C11H9F3N2O2S. The zero-order valence-electron chi connectivity index (χ0n) is 9.75. The zero-order valence-corrected chi connectivity index (χ0v) is 10.6. The Morgan fingerprint density at radius 2 is 2.16 bits per heavy atom. The molecule has 4 nitrogen and oxygen atoms in total. The quantitative estimate of drug-likeness (QED) is 0.683. The highest BCUT2D eigenvalue weighted by atomic mass is 32.2. The number of hydrogen-bond acceptors (Lipinski definition) is 5. The van der Waals surface area contributed by atoms with E-state index in [4.69, 9.17) is 11.0 Å². The van der Waals surface area contributed by atoms with E-state index in [0.29, 0.717) is 0 Å². The first kappa shape index (κ1) is 15.3. The maximum Gasteiger partial charge on any atom is 0.446 e. The van der Waals surface area contributed by atoms with Gasteiger partial charge in [-0.3, -0.25) is 0 Å². The highest BCUT2D eigenvalue weighted by molar-refractivity contribution is 8.00. The number of halogens is 3. The molecule has 0 aliphatic heterocycles. The maximum absolute atomic E-state index is 12.5. The fraction of sp³-hybridized carbons (Fsp3) is 0.273. The molecule has 8 heteroatoms. The van der Waals surface area contributed by atoms with E-state index in [-0.39, 0.29) is 28.1 Å². The van der Waals surface area contributed by atoms with Crippen LogP contribution in [0, 0.1) is 11.3 Å². The lowest BCUT2D eigenvalue weighted by molar-refractivity contribution is -0.0328. The van der Waals surface area contributed by atoms with Gasteiger partial charge in [0, 0.05) is 11.4 Å². The van der Waals surface area contributed by atoms with Gasteiger partial charge in [-0.15, -0.1) is 0 Å². The highest BCUT2D eigenvalue weighted by Crippen LogP contribution is 2.41. The third-order valence-corrected chi connectivity index (χ3v) is 3.11. The molecule has 0 atom stereocenters. The number of esters is 1. The summed E-state index contributed by atoms with van der Waals surface area (Å²) < 4.78 is 41.9. The first-order valence-corrected chi connectivity index (χ1v) is 5.75. The Morgan fingerprint density at radius 1 is 1.53 bits per heavy atom. The molecule has 1 aromatic rings. The van der Waals surface area contributed by atoms with Crippen LogP contribution in [0.1, 0.15) is 21.5 Å². The summed E-state index contributed by atoms with van der Waals surface area (Å²) in [7, 11) is 1.11. The van der Waals surface area contributed by atoms with Crippen molar-refractivity contribution in [3.8, 4) is 6.07 Å². The van der Waals surface area contributed by atoms with Gasteiger partial charge >= 0.3 is 11.5 Å². The zero-order chi connectivity index (χ0) is 14.6. The Kier molecular flexibility index (Phi) is 4.80. The minimum Gasteiger partial charge on any atom is -0.465 e. The van der Waals surface area contributed by atoms with Gasteiger partial charge in [-0.1, -0.05) is 0 Å². The van der Waals surface area contributed by atoms with Crippen molar-refractivity contribution >= 4 is 17.7 Å². The van der Waals surface area contributed by atoms with Gasteiger partial charge in [0.05, 0.1) is 18.2 Å². The molecule has 0 radical (unpaired) electrons. The molecule has 0 saturated carbocycles. The molecule has 0 heterocycles. The van der Waals surface area contributed by atoms with Crippen LogP contribution in [0.25, 0.3) is 0 Å². The Labute approximate surface area is 111 Å². The molecule has 1 rings (SSSR count). The van der Waals surface area contributed by atoms with Crippen molar-refractivity contribution in [3.63, 3.8) is 0 Å². The van der Waals surface area contributed by atoms with Gasteiger partial charge in [-0.2, -0.15) is 18.4 Å². The lowest BCUT2D eigenvalue weighted by atomic mass is 10.0. The Bertz CT molecular complexity index is 538. The predicted octanol–water partition coefficient (Wildman–Crippen LogP) is 2.42. The summed E-state index contributed by atoms with van der Waals surface area (Å²) in [5.41, 5.74) is 0.503. The summed E-state index contributed by atoms with van der Waals surface area (Å²) >= 11 is -0.465. The summed E-state index contributed by atoms with van der Waals surface area (Å²) in [5, 5.41) is 8.83. The maximum atomic E-state index is 12.5. The van der Waals surface area contributed by atoms with Crippen LogP contribution in [-0.4, -0.2) is 18.6 Å². The number of carbonyl (C=O) groups excluding carboxylic acids is 1. The van der Waals surface area contributed by atoms with Crippen LogP contribution in [0.4, 0.5) is 13.2 Å². The second kappa shape index (κ2) is 5.95. The summed E-state index contributed by atoms with van der Waals surface area (Å²) in [4.78, 5) is 11.1. The number of thioether (sulfide) groups is 1. The van der Waals surface area contributed by atoms with Gasteiger partial charge in [0.25, 0.3) is 0 Å². The van der Waals surface area contributed by atoms with Crippen molar-refractivity contribution in [2.24, 2.45) is 5.73 Å². The molecule has 102 valence electrons. The third kappa shape index (κ3) is 3.62. The van der Waals surface area contributed by atoms with Crippen molar-refractivity contribution in [3.05, 3.63) is 28.8 Å². The smallest absolute Gasteiger partial charge is 0.446 e. The summed E-state index contributed by atoms with van der Waals surface area (Å²) in [6.45, 7) is -0.307. The molecule has 0 aliphatic rings. The molecule has 0 aromatic heterocycles. The molecule has 0 fully saturated rings. The van der Waals surface area contributed by atoms with Crippen molar-refractivity contribution in [2.75, 3.05) is 7.11 Å². The van der Waals surface area contributed by atoms with Crippen LogP contribution < -0.4 is 5.73 Å². The van der Waals surface area contributed by atoms with Gasteiger partial charge < -0.3 is 10.5 Å². The second-order valence-electron chi connectivity index (χ2n) is 3.32. The number of rotatable bonds is 3. The van der Waals surface area contributed by atoms with Crippen LogP contribution in [-0.2, 0) is 11.3 Å². The van der Waals surface area contributed by atoms with Gasteiger partial charge in [-0.25, -0.2) is 4.79 Å². The number of ether oxygens (including phenoxy) is 1. The summed E-state index contributed by atoms with van der Waals surface area (Å²) in [6.07, 6.45) is 0. The standard InChI is InChI=1S/C11H9F3N2O2S/c1-18-10(17)7-3-2-6(4-15)9(8(7)5-16)19-11(12,13)14/h2-3H,5,16H2,1H3. The first-order valence-electron chi connectivity index (χ1n) is 4.94. The molecule has 0 spiro atoms. The average Bonchev–Trinajstić information content (AvgIpc) is 2.35. The van der Waals surface area contributed by atoms with Gasteiger partial charge in [0.1, 0.15) is 6.07 Å². The number of carbonyl (C=O) groups is 1. The van der Waals surface area contributed by atoms with Crippen molar-refractivity contribution in [2.45, 2.75) is 16.9 Å². The van der Waals surface area contributed by atoms with Crippen LogP contribution in [0.3, 0.4) is 0 Å². The largest absolute Gasteiger partial charge is 0.465 e. The molecule has 19 heavy (non-hydrogen) atoms. The molecule has 0 unspecified atom stereocenters. The lowest BCUT2D eigenvalue weighted by Gasteiger charge is -2.14. The second-order valence-corrected chi connectivity index (χ2v) is 4.40. The SMILES string of the molecule is COC(=O)c1ccc(C#N)c(SC(F)(F)F)c1CN. The normalized spacial score (nSPS) is 10.9. The fourth-order valence-electron chi connectivity index (χ4n) is 1.45. The number of nitrogens with two attached hydrogens (primary N) is 1. The summed E-state index contributed by atoms with van der Waals surface area (Å²) in [5.74, 6) is -0.797. The Hall–Kier alpha value is -1.72. The fourth-order valence-corrected chi connectivity index (χ4v) is 2.22. The molecule has 0 saturated heterocycles. The van der Waals surface area contributed by atoms with Crippen molar-refractivity contribution in [1.29, 1.82) is 5.26 Å². The predicted molar refractivity (Wildman–Crippen MR) is 62.3 cm³/mol. The number of nitriles is 1. The van der Waals surface area contributed by atoms with E-state index in [2.05, 4.69) is 4.74 Å². The molecule has 0 aliphatic carbocycles. The van der Waals surface area contributed by atoms with E-state index >= 15 is 0 Å². The van der Waals surface area contributed by atoms with Crippen LogP contribution in [0.5, 0.6) is 0 Å². The van der Waals surface area contributed by atoms with E-state index in [1.165, 1.54) is 6.07 Å². The molecular weight excluding hydrogens is 281 g/mol. The first-order chi connectivity index (χ1) is 8.84. The average molecular weight is 290 g/mol. The molecule has 1 aromatic carbocycles. The monoisotopic (exact) mass is 290 g/mol. The van der Waals surface area contributed by atoms with Crippen molar-refractivity contribution < 1.29 is 22.7 Å². The number of alkyl halides is 3. The molecule has 0 amide bonds. The van der Waals surface area contributed by atoms with E-state index in [1.54, 1.807) is 6.07 Å². The van der Waals surface area contributed by atoms with E-state index < -0.39 is 23.2 Å². The Balaban J connectivity index is 3.47. The van der Waals surface area contributed by atoms with Crippen LogP contribution >= 0.6 is 11.8 Å². The number of hydrogen-bond donors (Lipinski definition) is 1. The number of methoxy groups -OCH3 is 1. The Morgan fingerprint density at radius 3 is 2.58 bits per heavy atom. The lowest BCUT2D eigenvalue weighted by Crippen LogP contribution is -2.13. The topological polar surface area (TPSA) is 76.1 Å². The van der Waals surface area contributed by atoms with E-state index in [9.17, 15) is 18.0 Å². The highest BCUT2D eigenvalue weighted by Gasteiger charge is 2.33. The van der Waals surface area contributed by atoms with Crippen molar-refractivity contribution in [1.82, 2.24) is 0 Å². The minimum absolute atomic E-state index is 0.0479. The van der Waals surface area contributed by atoms with E-state index in [0.717, 1.165) is 13.2 Å². The molecule has 2 N–H and O–H groups in total. The van der Waals surface area contributed by atoms with Crippen LogP contribution in [0.2, 0.25) is 0 Å². The van der Waals surface area contributed by atoms with Gasteiger partial charge in [0.2, 0.25) is 0 Å².